The van der Waals surface area contributed by atoms with Crippen molar-refractivity contribution in [1.29, 1.82) is 0 Å². The minimum absolute atomic E-state index is 0.170. The highest BCUT2D eigenvalue weighted by atomic mass is 32.2. The van der Waals surface area contributed by atoms with E-state index >= 15 is 0 Å². The maximum Gasteiger partial charge on any atom is 0.309 e. The number of nitrogens with one attached hydrogen (secondary N) is 2. The van der Waals surface area contributed by atoms with Crippen molar-refractivity contribution in [1.82, 2.24) is 14.9 Å². The first-order chi connectivity index (χ1) is 12.3. The molecule has 0 aromatic heterocycles. The van der Waals surface area contributed by atoms with Crippen molar-refractivity contribution < 1.29 is 22.7 Å². The van der Waals surface area contributed by atoms with Crippen LogP contribution < -0.4 is 15.4 Å². The van der Waals surface area contributed by atoms with Crippen LogP contribution in [0.1, 0.15) is 18.4 Å². The summed E-state index contributed by atoms with van der Waals surface area (Å²) < 4.78 is 29.5. The van der Waals surface area contributed by atoms with Crippen LogP contribution in [0.15, 0.2) is 24.3 Å². The predicted molar refractivity (Wildman–Crippen MR) is 97.0 cm³/mol. The molecule has 1 heterocycles. The van der Waals surface area contributed by atoms with Crippen LogP contribution in [0.5, 0.6) is 5.75 Å². The molecular weight excluding hydrogens is 358 g/mol. The van der Waals surface area contributed by atoms with Crippen molar-refractivity contribution >= 4 is 21.8 Å². The molecule has 144 valence electrons. The number of carbonyl (C=O) groups is 2. The highest BCUT2D eigenvalue weighted by molar-refractivity contribution is 7.88. The molecule has 0 atom stereocenters. The van der Waals surface area contributed by atoms with Gasteiger partial charge in [-0.15, -0.1) is 0 Å². The van der Waals surface area contributed by atoms with Gasteiger partial charge in [-0.3, -0.25) is 9.59 Å². The van der Waals surface area contributed by atoms with Gasteiger partial charge in [-0.05, 0) is 36.5 Å². The van der Waals surface area contributed by atoms with Crippen molar-refractivity contribution in [3.05, 3.63) is 29.8 Å². The van der Waals surface area contributed by atoms with Crippen LogP contribution in [0, 0.1) is 5.92 Å². The summed E-state index contributed by atoms with van der Waals surface area (Å²) in [5.41, 5.74) is 0.832. The van der Waals surface area contributed by atoms with Crippen LogP contribution in [0.2, 0.25) is 0 Å². The van der Waals surface area contributed by atoms with E-state index in [4.69, 9.17) is 4.74 Å². The zero-order chi connectivity index (χ0) is 19.2. The van der Waals surface area contributed by atoms with E-state index in [1.165, 1.54) is 10.6 Å². The van der Waals surface area contributed by atoms with Crippen molar-refractivity contribution in [2.24, 2.45) is 5.92 Å². The van der Waals surface area contributed by atoms with Crippen molar-refractivity contribution in [3.8, 4) is 5.75 Å². The molecule has 26 heavy (non-hydrogen) atoms. The number of sulfonamides is 1. The van der Waals surface area contributed by atoms with Crippen LogP contribution in [0.25, 0.3) is 0 Å². The first kappa shape index (κ1) is 20.2. The molecule has 1 aliphatic heterocycles. The highest BCUT2D eigenvalue weighted by Gasteiger charge is 2.25. The normalized spacial score (nSPS) is 16.1. The fourth-order valence-corrected chi connectivity index (χ4v) is 3.68. The second kappa shape index (κ2) is 9.00. The van der Waals surface area contributed by atoms with E-state index in [2.05, 4.69) is 10.6 Å². The average molecular weight is 383 g/mol. The SMILES string of the molecule is COc1cccc(CNC(=O)C(=O)NCC2CCN(S(C)(=O)=O)CC2)c1. The van der Waals surface area contributed by atoms with Gasteiger partial charge < -0.3 is 15.4 Å². The fourth-order valence-electron chi connectivity index (χ4n) is 2.81. The molecule has 1 fully saturated rings. The number of methoxy groups -OCH3 is 1. The zero-order valence-corrected chi connectivity index (χ0v) is 15.8. The Labute approximate surface area is 153 Å². The van der Waals surface area contributed by atoms with E-state index in [0.717, 1.165) is 5.56 Å². The molecule has 2 N–H and O–H groups in total. The molecule has 1 aromatic rings. The predicted octanol–water partition coefficient (Wildman–Crippen LogP) is 0.0992. The standard InChI is InChI=1S/C17H25N3O5S/c1-25-15-5-3-4-14(10-15)12-19-17(22)16(21)18-11-13-6-8-20(9-7-13)26(2,23)24/h3-5,10,13H,6-9,11-12H2,1-2H3,(H,18,21)(H,19,22). The third kappa shape index (κ3) is 5.99. The van der Waals surface area contributed by atoms with Gasteiger partial charge >= 0.3 is 11.8 Å². The summed E-state index contributed by atoms with van der Waals surface area (Å²) in [4.78, 5) is 23.8. The summed E-state index contributed by atoms with van der Waals surface area (Å²) in [5.74, 6) is -0.524. The number of ether oxygens (including phenoxy) is 1. The molecule has 0 radical (unpaired) electrons. The van der Waals surface area contributed by atoms with Crippen molar-refractivity contribution in [3.63, 3.8) is 0 Å². The molecule has 2 rings (SSSR count). The molecule has 9 heteroatoms. The molecule has 0 bridgehead atoms. The Balaban J connectivity index is 1.71. The molecule has 1 saturated heterocycles. The number of rotatable bonds is 6. The van der Waals surface area contributed by atoms with Crippen LogP contribution in [-0.2, 0) is 26.2 Å². The zero-order valence-electron chi connectivity index (χ0n) is 15.0. The maximum absolute atomic E-state index is 11.9. The third-order valence-electron chi connectivity index (χ3n) is 4.39. The molecule has 0 aliphatic carbocycles. The number of carbonyl (C=O) groups excluding carboxylic acids is 2. The summed E-state index contributed by atoms with van der Waals surface area (Å²) >= 11 is 0. The molecule has 8 nitrogen and oxygen atoms in total. The lowest BCUT2D eigenvalue weighted by Crippen LogP contribution is -2.44. The molecular formula is C17H25N3O5S. The van der Waals surface area contributed by atoms with Gasteiger partial charge in [0.05, 0.1) is 13.4 Å². The number of amides is 2. The molecule has 0 saturated carbocycles. The number of benzene rings is 1. The van der Waals surface area contributed by atoms with Gasteiger partial charge in [-0.1, -0.05) is 12.1 Å². The Kier molecular flexibility index (Phi) is 6.98. The topological polar surface area (TPSA) is 105 Å². The quantitative estimate of drug-likeness (QED) is 0.678. The molecule has 0 spiro atoms. The second-order valence-electron chi connectivity index (χ2n) is 6.35. The van der Waals surface area contributed by atoms with Gasteiger partial charge in [0, 0.05) is 26.2 Å². The monoisotopic (exact) mass is 383 g/mol. The van der Waals surface area contributed by atoms with Gasteiger partial charge in [-0.25, -0.2) is 12.7 Å². The van der Waals surface area contributed by atoms with Crippen molar-refractivity contribution in [2.75, 3.05) is 33.0 Å². The smallest absolute Gasteiger partial charge is 0.309 e. The lowest BCUT2D eigenvalue weighted by Gasteiger charge is -2.30. The number of hydrogen-bond donors (Lipinski definition) is 2. The summed E-state index contributed by atoms with van der Waals surface area (Å²) in [5, 5.41) is 5.19. The largest absolute Gasteiger partial charge is 0.497 e. The summed E-state index contributed by atoms with van der Waals surface area (Å²) in [6.45, 7) is 1.49. The van der Waals surface area contributed by atoms with Gasteiger partial charge in [-0.2, -0.15) is 0 Å². The minimum atomic E-state index is -3.16. The summed E-state index contributed by atoms with van der Waals surface area (Å²) in [6, 6.07) is 7.22. The Hall–Kier alpha value is -2.13. The van der Waals surface area contributed by atoms with Crippen molar-refractivity contribution in [2.45, 2.75) is 19.4 Å². The number of hydrogen-bond acceptors (Lipinski definition) is 5. The highest BCUT2D eigenvalue weighted by Crippen LogP contribution is 2.18. The minimum Gasteiger partial charge on any atom is -0.497 e. The Morgan fingerprint density at radius 3 is 2.46 bits per heavy atom. The van der Waals surface area contributed by atoms with Crippen LogP contribution in [0.3, 0.4) is 0 Å². The first-order valence-corrected chi connectivity index (χ1v) is 10.3. The van der Waals surface area contributed by atoms with Gasteiger partial charge in [0.2, 0.25) is 10.0 Å². The van der Waals surface area contributed by atoms with Crippen LogP contribution in [-0.4, -0.2) is 57.5 Å². The Morgan fingerprint density at radius 2 is 1.85 bits per heavy atom. The summed E-state index contributed by atoms with van der Waals surface area (Å²) in [6.07, 6.45) is 2.53. The first-order valence-electron chi connectivity index (χ1n) is 8.43. The lowest BCUT2D eigenvalue weighted by atomic mass is 9.98. The van der Waals surface area contributed by atoms with E-state index in [1.807, 2.05) is 12.1 Å². The van der Waals surface area contributed by atoms with Crippen LogP contribution >= 0.6 is 0 Å². The second-order valence-corrected chi connectivity index (χ2v) is 8.33. The molecule has 0 unspecified atom stereocenters. The van der Waals surface area contributed by atoms with Crippen LogP contribution in [0.4, 0.5) is 0 Å². The van der Waals surface area contributed by atoms with E-state index in [9.17, 15) is 18.0 Å². The Morgan fingerprint density at radius 1 is 1.19 bits per heavy atom. The average Bonchev–Trinajstić information content (AvgIpc) is 2.63. The molecule has 1 aromatic carbocycles. The van der Waals surface area contributed by atoms with E-state index in [-0.39, 0.29) is 12.5 Å². The number of nitrogens with zero attached hydrogens (tertiary/aromatic N) is 1. The molecule has 1 aliphatic rings. The van der Waals surface area contributed by atoms with Gasteiger partial charge in [0.25, 0.3) is 0 Å². The number of piperidine rings is 1. The summed E-state index contributed by atoms with van der Waals surface area (Å²) in [7, 11) is -1.60. The third-order valence-corrected chi connectivity index (χ3v) is 5.69. The molecule has 2 amide bonds. The fraction of sp³-hybridized carbons (Fsp3) is 0.529. The maximum atomic E-state index is 11.9. The lowest BCUT2D eigenvalue weighted by molar-refractivity contribution is -0.139. The van der Waals surface area contributed by atoms with E-state index < -0.39 is 21.8 Å². The van der Waals surface area contributed by atoms with E-state index in [0.29, 0.717) is 38.2 Å². The van der Waals surface area contributed by atoms with Gasteiger partial charge in [0.15, 0.2) is 0 Å². The van der Waals surface area contributed by atoms with E-state index in [1.54, 1.807) is 19.2 Å². The Bertz CT molecular complexity index is 743. The van der Waals surface area contributed by atoms with Gasteiger partial charge in [0.1, 0.15) is 5.75 Å².